The molecule has 2 N–H and O–H groups in total. The van der Waals surface area contributed by atoms with E-state index in [0.29, 0.717) is 18.2 Å². The molecule has 158 valence electrons. The standard InChI is InChI=1S/C21H36N4O3/c1-8-15(16-18(27)23-19(25-24-16)21(5,6)28-7)22-17(26)13-9-11-14(12-10-13)20(2,3)4/h13-15H,8-12H2,1-7H3,(H,22,26)(H,23,25,27)/t13-,14+,15?. The minimum absolute atomic E-state index is 0.00592. The average Bonchev–Trinajstić information content (AvgIpc) is 2.65. The smallest absolute Gasteiger partial charge is 0.275 e. The summed E-state index contributed by atoms with van der Waals surface area (Å²) < 4.78 is 5.34. The normalized spacial score (nSPS) is 22.0. The topological polar surface area (TPSA) is 97.0 Å². The molecule has 1 amide bonds. The van der Waals surface area contributed by atoms with Crippen LogP contribution in [0.2, 0.25) is 0 Å². The molecule has 7 nitrogen and oxygen atoms in total. The summed E-state index contributed by atoms with van der Waals surface area (Å²) in [4.78, 5) is 28.1. The average molecular weight is 393 g/mol. The Kier molecular flexibility index (Phi) is 7.02. The van der Waals surface area contributed by atoms with Crippen molar-refractivity contribution in [1.82, 2.24) is 20.5 Å². The minimum Gasteiger partial charge on any atom is -0.371 e. The number of hydrogen-bond donors (Lipinski definition) is 2. The molecule has 0 bridgehead atoms. The Balaban J connectivity index is 2.06. The van der Waals surface area contributed by atoms with Crippen LogP contribution in [0.15, 0.2) is 4.79 Å². The number of methoxy groups -OCH3 is 1. The molecule has 1 aromatic rings. The van der Waals surface area contributed by atoms with Gasteiger partial charge in [0.25, 0.3) is 5.56 Å². The monoisotopic (exact) mass is 392 g/mol. The lowest BCUT2D eigenvalue weighted by Gasteiger charge is -2.36. The number of rotatable bonds is 6. The van der Waals surface area contributed by atoms with E-state index in [1.54, 1.807) is 21.0 Å². The van der Waals surface area contributed by atoms with E-state index in [4.69, 9.17) is 4.74 Å². The lowest BCUT2D eigenvalue weighted by atomic mass is 9.69. The van der Waals surface area contributed by atoms with Crippen LogP contribution in [0, 0.1) is 17.3 Å². The summed E-state index contributed by atoms with van der Waals surface area (Å²) in [5.41, 5.74) is -0.538. The van der Waals surface area contributed by atoms with Crippen molar-refractivity contribution < 1.29 is 9.53 Å². The maximum absolute atomic E-state index is 12.8. The van der Waals surface area contributed by atoms with Gasteiger partial charge in [-0.05, 0) is 57.3 Å². The molecule has 0 saturated heterocycles. The fourth-order valence-corrected chi connectivity index (χ4v) is 3.82. The molecule has 0 aliphatic heterocycles. The lowest BCUT2D eigenvalue weighted by molar-refractivity contribution is -0.127. The van der Waals surface area contributed by atoms with Crippen molar-refractivity contribution >= 4 is 5.91 Å². The molecule has 2 rings (SSSR count). The number of carbonyl (C=O) groups excluding carboxylic acids is 1. The molecule has 1 saturated carbocycles. The molecule has 28 heavy (non-hydrogen) atoms. The van der Waals surface area contributed by atoms with Crippen LogP contribution in [0.3, 0.4) is 0 Å². The molecule has 1 aliphatic rings. The van der Waals surface area contributed by atoms with Gasteiger partial charge < -0.3 is 15.0 Å². The third kappa shape index (κ3) is 5.19. The van der Waals surface area contributed by atoms with Crippen molar-refractivity contribution in [1.29, 1.82) is 0 Å². The Morgan fingerprint density at radius 3 is 2.25 bits per heavy atom. The second kappa shape index (κ2) is 8.72. The maximum Gasteiger partial charge on any atom is 0.275 e. The number of nitrogens with one attached hydrogen (secondary N) is 2. The first-order valence-electron chi connectivity index (χ1n) is 10.3. The Labute approximate surface area is 168 Å². The predicted molar refractivity (Wildman–Crippen MR) is 109 cm³/mol. The minimum atomic E-state index is -0.735. The number of hydrogen-bond acceptors (Lipinski definition) is 5. The largest absolute Gasteiger partial charge is 0.371 e. The van der Waals surface area contributed by atoms with Gasteiger partial charge in [0.2, 0.25) is 5.91 Å². The number of ether oxygens (including phenoxy) is 1. The van der Waals surface area contributed by atoms with Crippen molar-refractivity contribution in [3.63, 3.8) is 0 Å². The number of aromatic amines is 1. The van der Waals surface area contributed by atoms with Crippen LogP contribution in [0.25, 0.3) is 0 Å². The molecule has 1 heterocycles. The molecule has 1 unspecified atom stereocenters. The van der Waals surface area contributed by atoms with Crippen molar-refractivity contribution in [3.8, 4) is 0 Å². The zero-order chi connectivity index (χ0) is 21.1. The van der Waals surface area contributed by atoms with E-state index in [1.807, 2.05) is 6.92 Å². The van der Waals surface area contributed by atoms with E-state index < -0.39 is 11.6 Å². The molecule has 0 aromatic carbocycles. The van der Waals surface area contributed by atoms with Gasteiger partial charge in [-0.2, -0.15) is 0 Å². The highest BCUT2D eigenvalue weighted by atomic mass is 16.5. The van der Waals surface area contributed by atoms with Gasteiger partial charge in [0.05, 0.1) is 6.04 Å². The van der Waals surface area contributed by atoms with Crippen molar-refractivity contribution in [2.75, 3.05) is 7.11 Å². The van der Waals surface area contributed by atoms with Crippen LogP contribution in [-0.4, -0.2) is 28.2 Å². The first-order valence-corrected chi connectivity index (χ1v) is 10.3. The highest BCUT2D eigenvalue weighted by molar-refractivity contribution is 5.79. The van der Waals surface area contributed by atoms with Crippen LogP contribution in [0.4, 0.5) is 0 Å². The van der Waals surface area contributed by atoms with Crippen LogP contribution >= 0.6 is 0 Å². The fraction of sp³-hybridized carbons (Fsp3) is 0.810. The summed E-state index contributed by atoms with van der Waals surface area (Å²) in [6.07, 6.45) is 4.51. The van der Waals surface area contributed by atoms with Gasteiger partial charge in [-0.15, -0.1) is 10.2 Å². The number of H-pyrrole nitrogens is 1. The zero-order valence-electron chi connectivity index (χ0n) is 18.4. The summed E-state index contributed by atoms with van der Waals surface area (Å²) in [6.45, 7) is 12.3. The van der Waals surface area contributed by atoms with Crippen LogP contribution in [-0.2, 0) is 15.1 Å². The summed E-state index contributed by atoms with van der Waals surface area (Å²) in [5, 5.41) is 11.3. The van der Waals surface area contributed by atoms with E-state index in [0.717, 1.165) is 25.7 Å². The number of nitrogens with zero attached hydrogens (tertiary/aromatic N) is 2. The fourth-order valence-electron chi connectivity index (χ4n) is 3.82. The van der Waals surface area contributed by atoms with Crippen LogP contribution in [0.5, 0.6) is 0 Å². The molecule has 1 fully saturated rings. The zero-order valence-corrected chi connectivity index (χ0v) is 18.4. The quantitative estimate of drug-likeness (QED) is 0.773. The maximum atomic E-state index is 12.8. The Morgan fingerprint density at radius 2 is 1.79 bits per heavy atom. The summed E-state index contributed by atoms with van der Waals surface area (Å²) in [6, 6.07) is -0.441. The highest BCUT2D eigenvalue weighted by Crippen LogP contribution is 2.40. The molecular formula is C21H36N4O3. The van der Waals surface area contributed by atoms with Crippen molar-refractivity contribution in [3.05, 3.63) is 21.9 Å². The summed E-state index contributed by atoms with van der Waals surface area (Å²) in [5.74, 6) is 1.04. The van der Waals surface area contributed by atoms with Gasteiger partial charge in [0.15, 0.2) is 11.5 Å². The van der Waals surface area contributed by atoms with Gasteiger partial charge in [0, 0.05) is 13.0 Å². The van der Waals surface area contributed by atoms with Gasteiger partial charge in [-0.25, -0.2) is 0 Å². The van der Waals surface area contributed by atoms with Crippen LogP contribution < -0.4 is 10.9 Å². The second-order valence-corrected chi connectivity index (χ2v) is 9.49. The van der Waals surface area contributed by atoms with Gasteiger partial charge in [0.1, 0.15) is 5.60 Å². The van der Waals surface area contributed by atoms with E-state index in [2.05, 4.69) is 41.3 Å². The number of aromatic nitrogens is 3. The molecule has 1 aromatic heterocycles. The lowest BCUT2D eigenvalue weighted by Crippen LogP contribution is -2.40. The first kappa shape index (κ1) is 22.5. The second-order valence-electron chi connectivity index (χ2n) is 9.49. The Bertz CT molecular complexity index is 728. The van der Waals surface area contributed by atoms with E-state index in [9.17, 15) is 9.59 Å². The number of carbonyl (C=O) groups is 1. The van der Waals surface area contributed by atoms with E-state index >= 15 is 0 Å². The molecule has 0 spiro atoms. The molecule has 0 radical (unpaired) electrons. The molecule has 1 atom stereocenters. The van der Waals surface area contributed by atoms with E-state index in [-0.39, 0.29) is 28.5 Å². The van der Waals surface area contributed by atoms with Gasteiger partial charge in [-0.1, -0.05) is 27.7 Å². The third-order valence-electron chi connectivity index (χ3n) is 6.18. The van der Waals surface area contributed by atoms with Crippen molar-refractivity contribution in [2.45, 2.75) is 85.3 Å². The van der Waals surface area contributed by atoms with Crippen molar-refractivity contribution in [2.24, 2.45) is 17.3 Å². The Morgan fingerprint density at radius 1 is 1.18 bits per heavy atom. The Hall–Kier alpha value is -1.76. The molecular weight excluding hydrogens is 356 g/mol. The molecule has 7 heteroatoms. The van der Waals surface area contributed by atoms with Gasteiger partial charge >= 0.3 is 0 Å². The first-order chi connectivity index (χ1) is 13.0. The SMILES string of the molecule is CCC(NC(=O)[C@H]1CC[C@@H](C(C)(C)C)CC1)c1nnc(C(C)(C)OC)[nH]c1=O. The highest BCUT2D eigenvalue weighted by Gasteiger charge is 2.33. The summed E-state index contributed by atoms with van der Waals surface area (Å²) >= 11 is 0. The third-order valence-corrected chi connectivity index (χ3v) is 6.18. The molecule has 1 aliphatic carbocycles. The van der Waals surface area contributed by atoms with Gasteiger partial charge in [-0.3, -0.25) is 9.59 Å². The summed E-state index contributed by atoms with van der Waals surface area (Å²) in [7, 11) is 1.55. The van der Waals surface area contributed by atoms with E-state index in [1.165, 1.54) is 0 Å². The number of amides is 1. The predicted octanol–water partition coefficient (Wildman–Crippen LogP) is 3.47. The van der Waals surface area contributed by atoms with Crippen LogP contribution in [0.1, 0.15) is 91.2 Å².